The van der Waals surface area contributed by atoms with Crippen LogP contribution in [0.25, 0.3) is 11.0 Å². The number of fused-ring (bicyclic) bond motifs is 1. The standard InChI is InChI=1S/C10H7NO3/c11-10-6(5-12)1-3-8-7(10)2-4-9(13)14-8/h1-5H,11H2. The van der Waals surface area contributed by atoms with E-state index in [2.05, 4.69) is 0 Å². The average molecular weight is 189 g/mol. The van der Waals surface area contributed by atoms with Gasteiger partial charge in [0, 0.05) is 17.0 Å². The third-order valence-corrected chi connectivity index (χ3v) is 2.00. The summed E-state index contributed by atoms with van der Waals surface area (Å²) < 4.78 is 4.89. The fourth-order valence-electron chi connectivity index (χ4n) is 1.29. The number of carbonyl (C=O) groups is 1. The lowest BCUT2D eigenvalue weighted by atomic mass is 10.1. The number of nitrogens with two attached hydrogens (primary N) is 1. The minimum atomic E-state index is -0.434. The van der Waals surface area contributed by atoms with E-state index in [9.17, 15) is 9.59 Å². The van der Waals surface area contributed by atoms with Gasteiger partial charge >= 0.3 is 5.63 Å². The van der Waals surface area contributed by atoms with Crippen LogP contribution in [-0.4, -0.2) is 6.29 Å². The van der Waals surface area contributed by atoms with Crippen molar-refractivity contribution in [3.8, 4) is 0 Å². The maximum Gasteiger partial charge on any atom is 0.336 e. The van der Waals surface area contributed by atoms with Gasteiger partial charge in [-0.15, -0.1) is 0 Å². The lowest BCUT2D eigenvalue weighted by Gasteiger charge is -2.01. The summed E-state index contributed by atoms with van der Waals surface area (Å²) >= 11 is 0. The van der Waals surface area contributed by atoms with Crippen LogP contribution in [0.2, 0.25) is 0 Å². The van der Waals surface area contributed by atoms with Crippen molar-refractivity contribution in [2.45, 2.75) is 0 Å². The highest BCUT2D eigenvalue weighted by Gasteiger charge is 2.04. The topological polar surface area (TPSA) is 73.3 Å². The van der Waals surface area contributed by atoms with E-state index in [0.29, 0.717) is 28.5 Å². The Hall–Kier alpha value is -2.10. The van der Waals surface area contributed by atoms with E-state index >= 15 is 0 Å². The van der Waals surface area contributed by atoms with Crippen LogP contribution in [0.4, 0.5) is 5.69 Å². The molecule has 4 nitrogen and oxygen atoms in total. The highest BCUT2D eigenvalue weighted by molar-refractivity contribution is 5.98. The number of benzene rings is 1. The van der Waals surface area contributed by atoms with Gasteiger partial charge in [0.1, 0.15) is 5.58 Å². The van der Waals surface area contributed by atoms with Crippen LogP contribution in [0.5, 0.6) is 0 Å². The first-order valence-corrected chi connectivity index (χ1v) is 4.00. The first kappa shape index (κ1) is 8.50. The Balaban J connectivity index is 2.90. The Labute approximate surface area is 78.9 Å². The van der Waals surface area contributed by atoms with Gasteiger partial charge in [0.05, 0.1) is 5.69 Å². The van der Waals surface area contributed by atoms with Crippen LogP contribution in [0.3, 0.4) is 0 Å². The van der Waals surface area contributed by atoms with Gasteiger partial charge in [0.25, 0.3) is 0 Å². The van der Waals surface area contributed by atoms with E-state index in [0.717, 1.165) is 0 Å². The molecule has 2 aromatic rings. The van der Waals surface area contributed by atoms with Gasteiger partial charge in [-0.25, -0.2) is 4.79 Å². The van der Waals surface area contributed by atoms with E-state index in [4.69, 9.17) is 10.2 Å². The minimum absolute atomic E-state index is 0.334. The summed E-state index contributed by atoms with van der Waals surface area (Å²) in [4.78, 5) is 21.4. The van der Waals surface area contributed by atoms with Crippen molar-refractivity contribution in [2.75, 3.05) is 5.73 Å². The fraction of sp³-hybridized carbons (Fsp3) is 0. The summed E-state index contributed by atoms with van der Waals surface area (Å²) in [6.07, 6.45) is 0.667. The molecule has 1 heterocycles. The molecule has 0 bridgehead atoms. The van der Waals surface area contributed by atoms with Crippen molar-refractivity contribution in [1.82, 2.24) is 0 Å². The molecule has 0 aliphatic heterocycles. The molecular weight excluding hydrogens is 182 g/mol. The minimum Gasteiger partial charge on any atom is -0.423 e. The molecular formula is C10H7NO3. The molecule has 0 radical (unpaired) electrons. The largest absolute Gasteiger partial charge is 0.423 e. The van der Waals surface area contributed by atoms with E-state index in [1.54, 1.807) is 12.1 Å². The van der Waals surface area contributed by atoms with Crippen LogP contribution in [-0.2, 0) is 0 Å². The monoisotopic (exact) mass is 189 g/mol. The number of hydrogen-bond acceptors (Lipinski definition) is 4. The second kappa shape index (κ2) is 2.99. The zero-order chi connectivity index (χ0) is 10.1. The van der Waals surface area contributed by atoms with Gasteiger partial charge < -0.3 is 10.2 Å². The van der Waals surface area contributed by atoms with Crippen molar-refractivity contribution in [3.05, 3.63) is 40.2 Å². The molecule has 2 rings (SSSR count). The Morgan fingerprint density at radius 1 is 1.21 bits per heavy atom. The highest BCUT2D eigenvalue weighted by Crippen LogP contribution is 2.22. The maximum atomic E-state index is 10.9. The summed E-state index contributed by atoms with van der Waals surface area (Å²) in [7, 11) is 0. The molecule has 1 aromatic carbocycles. The zero-order valence-corrected chi connectivity index (χ0v) is 7.19. The molecule has 0 spiro atoms. The van der Waals surface area contributed by atoms with Crippen LogP contribution in [0.15, 0.2) is 33.5 Å². The number of aldehydes is 1. The maximum absolute atomic E-state index is 10.9. The Morgan fingerprint density at radius 2 is 2.00 bits per heavy atom. The number of carbonyl (C=O) groups excluding carboxylic acids is 1. The third-order valence-electron chi connectivity index (χ3n) is 2.00. The third kappa shape index (κ3) is 1.17. The highest BCUT2D eigenvalue weighted by atomic mass is 16.4. The first-order valence-electron chi connectivity index (χ1n) is 4.00. The van der Waals surface area contributed by atoms with Crippen molar-refractivity contribution in [3.63, 3.8) is 0 Å². The molecule has 0 amide bonds. The number of anilines is 1. The summed E-state index contributed by atoms with van der Waals surface area (Å²) in [5, 5.41) is 0.578. The average Bonchev–Trinajstić information content (AvgIpc) is 2.18. The Kier molecular flexibility index (Phi) is 1.81. The molecule has 0 aliphatic carbocycles. The molecule has 14 heavy (non-hydrogen) atoms. The molecule has 0 fully saturated rings. The quantitative estimate of drug-likeness (QED) is 0.415. The Bertz CT molecular complexity index is 557. The van der Waals surface area contributed by atoms with Gasteiger partial charge in [-0.2, -0.15) is 0 Å². The smallest absolute Gasteiger partial charge is 0.336 e. The van der Waals surface area contributed by atoms with Crippen molar-refractivity contribution in [2.24, 2.45) is 0 Å². The van der Waals surface area contributed by atoms with Gasteiger partial charge in [0.2, 0.25) is 0 Å². The summed E-state index contributed by atoms with van der Waals surface area (Å²) in [6, 6.07) is 5.89. The molecule has 0 saturated carbocycles. The predicted octanol–water partition coefficient (Wildman–Crippen LogP) is 1.19. The SMILES string of the molecule is Nc1c(C=O)ccc2oc(=O)ccc12. The first-order chi connectivity index (χ1) is 6.72. The molecule has 0 aliphatic rings. The fourth-order valence-corrected chi connectivity index (χ4v) is 1.29. The lowest BCUT2D eigenvalue weighted by Crippen LogP contribution is -1.98. The van der Waals surface area contributed by atoms with Crippen LogP contribution >= 0.6 is 0 Å². The van der Waals surface area contributed by atoms with Crippen LogP contribution in [0.1, 0.15) is 10.4 Å². The van der Waals surface area contributed by atoms with Crippen LogP contribution in [0, 0.1) is 0 Å². The Morgan fingerprint density at radius 3 is 2.71 bits per heavy atom. The molecule has 4 heteroatoms. The lowest BCUT2D eigenvalue weighted by molar-refractivity contribution is 0.112. The predicted molar refractivity (Wildman–Crippen MR) is 52.3 cm³/mol. The zero-order valence-electron chi connectivity index (χ0n) is 7.19. The molecule has 1 aromatic heterocycles. The number of hydrogen-bond donors (Lipinski definition) is 1. The number of nitrogen functional groups attached to an aromatic ring is 1. The van der Waals surface area contributed by atoms with E-state index in [1.807, 2.05) is 0 Å². The summed E-state index contributed by atoms with van der Waals surface area (Å²) in [5.74, 6) is 0. The normalized spacial score (nSPS) is 10.3. The second-order valence-corrected chi connectivity index (χ2v) is 2.85. The van der Waals surface area contributed by atoms with Crippen molar-refractivity contribution < 1.29 is 9.21 Å². The van der Waals surface area contributed by atoms with Crippen molar-refractivity contribution in [1.29, 1.82) is 0 Å². The van der Waals surface area contributed by atoms with Crippen molar-refractivity contribution >= 4 is 22.9 Å². The van der Waals surface area contributed by atoms with E-state index < -0.39 is 5.63 Å². The second-order valence-electron chi connectivity index (χ2n) is 2.85. The van der Waals surface area contributed by atoms with Gasteiger partial charge in [-0.3, -0.25) is 4.79 Å². The van der Waals surface area contributed by atoms with E-state index in [1.165, 1.54) is 12.1 Å². The van der Waals surface area contributed by atoms with Crippen LogP contribution < -0.4 is 11.4 Å². The molecule has 2 N–H and O–H groups in total. The molecule has 70 valence electrons. The van der Waals surface area contributed by atoms with Gasteiger partial charge in [-0.05, 0) is 18.2 Å². The van der Waals surface area contributed by atoms with Gasteiger partial charge in [0.15, 0.2) is 6.29 Å². The number of rotatable bonds is 1. The molecule has 0 atom stereocenters. The molecule has 0 unspecified atom stereocenters. The summed E-state index contributed by atoms with van der Waals surface area (Å²) in [6.45, 7) is 0. The van der Waals surface area contributed by atoms with Gasteiger partial charge in [-0.1, -0.05) is 0 Å². The molecule has 0 saturated heterocycles. The van der Waals surface area contributed by atoms with E-state index in [-0.39, 0.29) is 0 Å². The summed E-state index contributed by atoms with van der Waals surface area (Å²) in [5.41, 5.74) is 6.37.